The third-order valence-electron chi connectivity index (χ3n) is 6.44. The summed E-state index contributed by atoms with van der Waals surface area (Å²) in [6.07, 6.45) is 8.49. The number of amidine groups is 1. The highest BCUT2D eigenvalue weighted by Gasteiger charge is 2.27. The number of carbonyl (C=O) groups is 2. The molecular weight excluding hydrogens is 591 g/mol. The van der Waals surface area contributed by atoms with Crippen LogP contribution in [0.25, 0.3) is 0 Å². The van der Waals surface area contributed by atoms with E-state index < -0.39 is 29.1 Å². The van der Waals surface area contributed by atoms with E-state index >= 15 is 0 Å². The molecule has 1 aliphatic rings. The van der Waals surface area contributed by atoms with Gasteiger partial charge in [0.2, 0.25) is 12.4 Å². The number of ether oxygens (including phenoxy) is 2. The van der Waals surface area contributed by atoms with Gasteiger partial charge in [-0.3, -0.25) is 10.2 Å². The van der Waals surface area contributed by atoms with E-state index in [1.54, 1.807) is 18.6 Å². The fourth-order valence-electron chi connectivity index (χ4n) is 4.05. The van der Waals surface area contributed by atoms with Crippen LogP contribution in [-0.4, -0.2) is 72.4 Å². The number of aromatic nitrogens is 2. The van der Waals surface area contributed by atoms with Gasteiger partial charge in [-0.1, -0.05) is 13.8 Å². The molecule has 248 valence electrons. The molecule has 3 rings (SSSR count). The van der Waals surface area contributed by atoms with E-state index in [9.17, 15) is 22.8 Å². The molecule has 0 saturated carbocycles. The smallest absolute Gasteiger partial charge is 0.407 e. The molecule has 2 aromatic rings. The van der Waals surface area contributed by atoms with Crippen LogP contribution >= 0.6 is 0 Å². The second-order valence-corrected chi connectivity index (χ2v) is 11.8. The van der Waals surface area contributed by atoms with Crippen LogP contribution < -0.4 is 20.3 Å². The van der Waals surface area contributed by atoms with Crippen molar-refractivity contribution in [1.29, 1.82) is 5.41 Å². The fourth-order valence-corrected chi connectivity index (χ4v) is 4.05. The Kier molecular flexibility index (Phi) is 15.2. The van der Waals surface area contributed by atoms with Crippen LogP contribution in [0.5, 0.6) is 5.75 Å². The van der Waals surface area contributed by atoms with Gasteiger partial charge < -0.3 is 25.0 Å². The number of amides is 2. The molecule has 2 atom stereocenters. The van der Waals surface area contributed by atoms with Crippen molar-refractivity contribution >= 4 is 30.5 Å². The number of anilines is 1. The molecule has 0 spiro atoms. The minimum atomic E-state index is -1.16. The third kappa shape index (κ3) is 14.9. The molecule has 1 saturated heterocycles. The maximum absolute atomic E-state index is 12.0. The Morgan fingerprint density at radius 3 is 2.49 bits per heavy atom. The largest absolute Gasteiger partial charge is 0.490 e. The Hall–Kier alpha value is -4.23. The van der Waals surface area contributed by atoms with Gasteiger partial charge in [0.1, 0.15) is 17.3 Å². The number of halogens is 3. The van der Waals surface area contributed by atoms with E-state index in [4.69, 9.17) is 14.9 Å². The second kappa shape index (κ2) is 18.5. The number of nitrogens with one attached hydrogen (secondary N) is 3. The first-order valence-electron chi connectivity index (χ1n) is 14.8. The van der Waals surface area contributed by atoms with E-state index in [-0.39, 0.29) is 17.9 Å². The molecule has 1 aromatic heterocycles. The normalized spacial score (nSPS) is 15.3. The molecular formula is C31H44F3N7O4. The van der Waals surface area contributed by atoms with Gasteiger partial charge in [-0.25, -0.2) is 32.9 Å². The van der Waals surface area contributed by atoms with Crippen molar-refractivity contribution in [1.82, 2.24) is 20.6 Å². The van der Waals surface area contributed by atoms with Crippen LogP contribution in [0.3, 0.4) is 0 Å². The fraction of sp³-hybridized carbons (Fsp3) is 0.548. The van der Waals surface area contributed by atoms with Gasteiger partial charge in [0, 0.05) is 37.8 Å². The zero-order chi connectivity index (χ0) is 33.4. The molecule has 3 N–H and O–H groups in total. The number of rotatable bonds is 13. The van der Waals surface area contributed by atoms with Crippen LogP contribution in [0.2, 0.25) is 0 Å². The van der Waals surface area contributed by atoms with Gasteiger partial charge in [0.05, 0.1) is 25.0 Å². The lowest BCUT2D eigenvalue weighted by Crippen LogP contribution is -2.40. The summed E-state index contributed by atoms with van der Waals surface area (Å²) < 4.78 is 47.1. The van der Waals surface area contributed by atoms with Crippen molar-refractivity contribution in [2.75, 3.05) is 31.1 Å². The summed E-state index contributed by atoms with van der Waals surface area (Å²) in [6, 6.07) is 2.08. The van der Waals surface area contributed by atoms with Crippen LogP contribution in [0, 0.1) is 34.7 Å². The monoisotopic (exact) mass is 635 g/mol. The van der Waals surface area contributed by atoms with Gasteiger partial charge in [-0.05, 0) is 64.5 Å². The zero-order valence-electron chi connectivity index (χ0n) is 26.5. The summed E-state index contributed by atoms with van der Waals surface area (Å²) in [4.78, 5) is 37.7. The molecule has 1 fully saturated rings. The number of carbonyl (C=O) groups excluding carboxylic acids is 2. The summed E-state index contributed by atoms with van der Waals surface area (Å²) in [7, 11) is 0. The van der Waals surface area contributed by atoms with E-state index in [1.165, 1.54) is 0 Å². The van der Waals surface area contributed by atoms with E-state index in [0.717, 1.165) is 44.4 Å². The van der Waals surface area contributed by atoms with Gasteiger partial charge in [-0.15, -0.1) is 0 Å². The zero-order valence-corrected chi connectivity index (χ0v) is 26.5. The van der Waals surface area contributed by atoms with Crippen LogP contribution in [0.1, 0.15) is 60.3 Å². The predicted octanol–water partition coefficient (Wildman–Crippen LogP) is 5.30. The Labute approximate surface area is 262 Å². The number of aliphatic imine (C=N–C) groups is 1. The molecule has 0 radical (unpaired) electrons. The highest BCUT2D eigenvalue weighted by Crippen LogP contribution is 2.20. The van der Waals surface area contributed by atoms with Gasteiger partial charge >= 0.3 is 6.09 Å². The summed E-state index contributed by atoms with van der Waals surface area (Å²) >= 11 is 0. The number of nitrogens with zero attached hydrogens (tertiary/aromatic N) is 4. The number of hydrogen-bond acceptors (Lipinski definition) is 8. The van der Waals surface area contributed by atoms with Crippen molar-refractivity contribution < 1.29 is 32.2 Å². The van der Waals surface area contributed by atoms with Gasteiger partial charge in [0.15, 0.2) is 17.4 Å². The van der Waals surface area contributed by atoms with E-state index in [1.807, 2.05) is 39.5 Å². The molecule has 2 unspecified atom stereocenters. The van der Waals surface area contributed by atoms with E-state index in [2.05, 4.69) is 25.6 Å². The molecule has 0 bridgehead atoms. The first kappa shape index (κ1) is 37.0. The maximum Gasteiger partial charge on any atom is 0.407 e. The first-order valence-corrected chi connectivity index (χ1v) is 14.8. The third-order valence-corrected chi connectivity index (χ3v) is 6.44. The summed E-state index contributed by atoms with van der Waals surface area (Å²) in [5, 5.41) is 13.4. The Bertz CT molecular complexity index is 1260. The van der Waals surface area contributed by atoms with Gasteiger partial charge in [-0.2, -0.15) is 0 Å². The minimum Gasteiger partial charge on any atom is -0.490 e. The molecule has 1 aliphatic heterocycles. The molecule has 14 heteroatoms. The van der Waals surface area contributed by atoms with Crippen LogP contribution in [-0.2, 0) is 9.53 Å². The molecule has 0 aliphatic carbocycles. The predicted molar refractivity (Wildman–Crippen MR) is 166 cm³/mol. The summed E-state index contributed by atoms with van der Waals surface area (Å²) in [5.74, 6) is -1.12. The average molecular weight is 636 g/mol. The lowest BCUT2D eigenvalue weighted by atomic mass is 10.0. The van der Waals surface area contributed by atoms with Crippen molar-refractivity contribution in [3.63, 3.8) is 0 Å². The Morgan fingerprint density at radius 2 is 1.89 bits per heavy atom. The standard InChI is InChI=1S/C25H41N7O4.C6H3F3/c1-18(2)22(26)28-10-6-7-19(8-11-27-17-33)16-35-21-13-29-23(30-14-21)32-12-9-20(15-32)31-24(34)36-25(3,4)5;7-4-1-2-5(8)6(9)3-4/h10,13-14,17-20,26H,6-9,11-12,15-16H2,1-5H3,(H,27,33)(H,31,34);1-3H. The number of alkyl carbamates (subject to hydrolysis) is 1. The number of benzene rings is 1. The molecule has 11 nitrogen and oxygen atoms in total. The van der Waals surface area contributed by atoms with Crippen molar-refractivity contribution in [3.8, 4) is 5.75 Å². The average Bonchev–Trinajstić information content (AvgIpc) is 3.43. The summed E-state index contributed by atoms with van der Waals surface area (Å²) in [5.41, 5.74) is -0.531. The maximum atomic E-state index is 12.0. The second-order valence-electron chi connectivity index (χ2n) is 11.8. The number of hydrogen-bond donors (Lipinski definition) is 3. The van der Waals surface area contributed by atoms with Crippen molar-refractivity contribution in [2.45, 2.75) is 71.9 Å². The van der Waals surface area contributed by atoms with E-state index in [0.29, 0.717) is 49.7 Å². The van der Waals surface area contributed by atoms with Crippen molar-refractivity contribution in [2.24, 2.45) is 16.8 Å². The molecule has 45 heavy (non-hydrogen) atoms. The lowest BCUT2D eigenvalue weighted by molar-refractivity contribution is -0.109. The lowest BCUT2D eigenvalue weighted by Gasteiger charge is -2.22. The first-order chi connectivity index (χ1) is 21.3. The van der Waals surface area contributed by atoms with Gasteiger partial charge in [0.25, 0.3) is 0 Å². The Morgan fingerprint density at radius 1 is 1.18 bits per heavy atom. The Balaban J connectivity index is 0.000000669. The topological polar surface area (TPSA) is 142 Å². The quantitative estimate of drug-likeness (QED) is 0.0892. The molecule has 1 aromatic carbocycles. The van der Waals surface area contributed by atoms with Crippen LogP contribution in [0.4, 0.5) is 23.9 Å². The molecule has 2 heterocycles. The highest BCUT2D eigenvalue weighted by molar-refractivity contribution is 5.88. The summed E-state index contributed by atoms with van der Waals surface area (Å²) in [6.45, 7) is 11.8. The SMILES string of the molecule is CC(C)C(=N)N=CCCC(CCNC=O)COc1cnc(N2CCC(NC(=O)OC(C)(C)C)C2)nc1.Fc1ccc(F)c(F)c1. The minimum absolute atomic E-state index is 0.0204. The van der Waals surface area contributed by atoms with Crippen LogP contribution in [0.15, 0.2) is 35.6 Å². The highest BCUT2D eigenvalue weighted by atomic mass is 19.2. The molecule has 2 amide bonds. The van der Waals surface area contributed by atoms with Crippen molar-refractivity contribution in [3.05, 3.63) is 48.0 Å².